The SMILES string of the molecule is Cc1nn(C)c2sc(C(=O)Nc3cccc(C(=O)N4CCCC4)c3)cc12. The van der Waals surface area contributed by atoms with E-state index in [2.05, 4.69) is 10.4 Å². The number of thiophene rings is 1. The molecular weight excluding hydrogens is 348 g/mol. The number of amides is 2. The Morgan fingerprint density at radius 1 is 1.19 bits per heavy atom. The summed E-state index contributed by atoms with van der Waals surface area (Å²) in [6, 6.07) is 9.02. The van der Waals surface area contributed by atoms with E-state index in [9.17, 15) is 9.59 Å². The lowest BCUT2D eigenvalue weighted by Crippen LogP contribution is -2.27. The minimum Gasteiger partial charge on any atom is -0.339 e. The molecule has 1 saturated heterocycles. The highest BCUT2D eigenvalue weighted by Crippen LogP contribution is 2.28. The van der Waals surface area contributed by atoms with Crippen molar-refractivity contribution in [2.75, 3.05) is 18.4 Å². The minimum atomic E-state index is -0.170. The van der Waals surface area contributed by atoms with Crippen molar-refractivity contribution in [1.82, 2.24) is 14.7 Å². The summed E-state index contributed by atoms with van der Waals surface area (Å²) >= 11 is 1.42. The monoisotopic (exact) mass is 368 g/mol. The van der Waals surface area contributed by atoms with Gasteiger partial charge in [-0.15, -0.1) is 11.3 Å². The second kappa shape index (κ2) is 6.57. The summed E-state index contributed by atoms with van der Waals surface area (Å²) in [5.41, 5.74) is 2.16. The first-order valence-corrected chi connectivity index (χ1v) is 9.48. The van der Waals surface area contributed by atoms with Crippen molar-refractivity contribution in [2.24, 2.45) is 7.05 Å². The maximum Gasteiger partial charge on any atom is 0.265 e. The average molecular weight is 368 g/mol. The van der Waals surface area contributed by atoms with Crippen molar-refractivity contribution in [1.29, 1.82) is 0 Å². The van der Waals surface area contributed by atoms with Crippen molar-refractivity contribution in [2.45, 2.75) is 19.8 Å². The van der Waals surface area contributed by atoms with E-state index in [0.717, 1.165) is 41.8 Å². The molecule has 4 rings (SSSR count). The van der Waals surface area contributed by atoms with Crippen molar-refractivity contribution in [3.05, 3.63) is 46.5 Å². The lowest BCUT2D eigenvalue weighted by atomic mass is 10.1. The molecule has 0 atom stereocenters. The Morgan fingerprint density at radius 2 is 1.96 bits per heavy atom. The molecule has 2 aromatic heterocycles. The Labute approximate surface area is 155 Å². The van der Waals surface area contributed by atoms with Crippen LogP contribution in [0, 0.1) is 6.92 Å². The summed E-state index contributed by atoms with van der Waals surface area (Å²) in [7, 11) is 1.88. The molecule has 0 aliphatic carbocycles. The number of hydrogen-bond donors (Lipinski definition) is 1. The summed E-state index contributed by atoms with van der Waals surface area (Å²) in [5.74, 6) is -0.140. The molecule has 0 radical (unpaired) electrons. The van der Waals surface area contributed by atoms with Gasteiger partial charge in [0.2, 0.25) is 0 Å². The van der Waals surface area contributed by atoms with Gasteiger partial charge in [0.15, 0.2) is 0 Å². The molecule has 3 aromatic rings. The third-order valence-corrected chi connectivity index (χ3v) is 5.88. The molecular formula is C19H20N4O2S. The molecule has 2 amide bonds. The molecule has 0 spiro atoms. The van der Waals surface area contributed by atoms with E-state index in [1.54, 1.807) is 28.9 Å². The predicted molar refractivity (Wildman–Crippen MR) is 103 cm³/mol. The topological polar surface area (TPSA) is 67.2 Å². The highest BCUT2D eigenvalue weighted by atomic mass is 32.1. The van der Waals surface area contributed by atoms with Crippen LogP contribution in [0.1, 0.15) is 38.6 Å². The summed E-state index contributed by atoms with van der Waals surface area (Å²) in [6.07, 6.45) is 2.12. The van der Waals surface area contributed by atoms with E-state index in [1.807, 2.05) is 24.9 Å². The molecule has 1 N–H and O–H groups in total. The largest absolute Gasteiger partial charge is 0.339 e. The Kier molecular flexibility index (Phi) is 4.24. The second-order valence-corrected chi connectivity index (χ2v) is 7.60. The van der Waals surface area contributed by atoms with Gasteiger partial charge in [0, 0.05) is 36.8 Å². The molecule has 134 valence electrons. The minimum absolute atomic E-state index is 0.0298. The Morgan fingerprint density at radius 3 is 2.69 bits per heavy atom. The zero-order valence-corrected chi connectivity index (χ0v) is 15.6. The van der Waals surface area contributed by atoms with Gasteiger partial charge in [0.25, 0.3) is 11.8 Å². The number of hydrogen-bond acceptors (Lipinski definition) is 4. The molecule has 1 aromatic carbocycles. The number of aryl methyl sites for hydroxylation is 2. The molecule has 0 unspecified atom stereocenters. The average Bonchev–Trinajstić information content (AvgIpc) is 3.34. The molecule has 3 heterocycles. The number of nitrogens with zero attached hydrogens (tertiary/aromatic N) is 3. The van der Waals surface area contributed by atoms with Crippen LogP contribution in [0.2, 0.25) is 0 Å². The third-order valence-electron chi connectivity index (χ3n) is 4.68. The molecule has 1 aliphatic rings. The van der Waals surface area contributed by atoms with Gasteiger partial charge in [-0.1, -0.05) is 6.07 Å². The lowest BCUT2D eigenvalue weighted by molar-refractivity contribution is 0.0792. The van der Waals surface area contributed by atoms with E-state index >= 15 is 0 Å². The fourth-order valence-corrected chi connectivity index (χ4v) is 4.36. The number of likely N-dealkylation sites (tertiary alicyclic amines) is 1. The van der Waals surface area contributed by atoms with E-state index in [4.69, 9.17) is 0 Å². The zero-order chi connectivity index (χ0) is 18.3. The van der Waals surface area contributed by atoms with E-state index in [1.165, 1.54) is 11.3 Å². The van der Waals surface area contributed by atoms with Gasteiger partial charge in [-0.25, -0.2) is 0 Å². The molecule has 0 bridgehead atoms. The third kappa shape index (κ3) is 2.99. The smallest absolute Gasteiger partial charge is 0.265 e. The predicted octanol–water partition coefficient (Wildman–Crippen LogP) is 3.43. The second-order valence-electron chi connectivity index (χ2n) is 6.57. The fraction of sp³-hybridized carbons (Fsp3) is 0.316. The maximum absolute atomic E-state index is 12.6. The number of anilines is 1. The van der Waals surface area contributed by atoms with Gasteiger partial charge in [-0.3, -0.25) is 14.3 Å². The molecule has 26 heavy (non-hydrogen) atoms. The molecule has 1 aliphatic heterocycles. The van der Waals surface area contributed by atoms with Gasteiger partial charge in [0.05, 0.1) is 10.6 Å². The number of nitrogens with one attached hydrogen (secondary N) is 1. The first kappa shape index (κ1) is 16.8. The Balaban J connectivity index is 1.54. The summed E-state index contributed by atoms with van der Waals surface area (Å²) in [5, 5.41) is 8.26. The van der Waals surface area contributed by atoms with Crippen molar-refractivity contribution in [3.63, 3.8) is 0 Å². The normalized spacial score (nSPS) is 14.2. The van der Waals surface area contributed by atoms with Crippen LogP contribution in [0.5, 0.6) is 0 Å². The molecule has 1 fully saturated rings. The molecule has 0 saturated carbocycles. The van der Waals surface area contributed by atoms with Gasteiger partial charge >= 0.3 is 0 Å². The van der Waals surface area contributed by atoms with Crippen molar-refractivity contribution < 1.29 is 9.59 Å². The summed E-state index contributed by atoms with van der Waals surface area (Å²) in [6.45, 7) is 3.55. The molecule has 6 nitrogen and oxygen atoms in total. The van der Waals surface area contributed by atoms with E-state index in [-0.39, 0.29) is 11.8 Å². The summed E-state index contributed by atoms with van der Waals surface area (Å²) in [4.78, 5) is 28.6. The number of carbonyl (C=O) groups is 2. The number of carbonyl (C=O) groups excluding carboxylic acids is 2. The zero-order valence-electron chi connectivity index (χ0n) is 14.8. The highest BCUT2D eigenvalue weighted by molar-refractivity contribution is 7.20. The number of fused-ring (bicyclic) bond motifs is 1. The van der Waals surface area contributed by atoms with Crippen LogP contribution < -0.4 is 5.32 Å². The van der Waals surface area contributed by atoms with Crippen LogP contribution in [0.3, 0.4) is 0 Å². The maximum atomic E-state index is 12.6. The van der Waals surface area contributed by atoms with Gasteiger partial charge in [-0.2, -0.15) is 5.10 Å². The standard InChI is InChI=1S/C19H20N4O2S/c1-12-15-11-16(26-19(15)22(2)21-12)17(24)20-14-7-5-6-13(10-14)18(25)23-8-3-4-9-23/h5-7,10-11H,3-4,8-9H2,1-2H3,(H,20,24). The first-order valence-electron chi connectivity index (χ1n) is 8.67. The Bertz CT molecular complexity index is 964. The summed E-state index contributed by atoms with van der Waals surface area (Å²) < 4.78 is 1.79. The highest BCUT2D eigenvalue weighted by Gasteiger charge is 2.20. The van der Waals surface area contributed by atoms with E-state index in [0.29, 0.717) is 16.1 Å². The first-order chi connectivity index (χ1) is 12.5. The van der Waals surface area contributed by atoms with E-state index < -0.39 is 0 Å². The quantitative estimate of drug-likeness (QED) is 0.770. The fourth-order valence-electron chi connectivity index (χ4n) is 3.34. The Hall–Kier alpha value is -2.67. The van der Waals surface area contributed by atoms with Gasteiger partial charge in [-0.05, 0) is 44.0 Å². The lowest BCUT2D eigenvalue weighted by Gasteiger charge is -2.15. The molecule has 7 heteroatoms. The van der Waals surface area contributed by atoms with Crippen LogP contribution in [0.4, 0.5) is 5.69 Å². The van der Waals surface area contributed by atoms with Crippen LogP contribution in [0.25, 0.3) is 10.2 Å². The number of aromatic nitrogens is 2. The number of benzene rings is 1. The number of rotatable bonds is 3. The van der Waals surface area contributed by atoms with Crippen LogP contribution in [-0.4, -0.2) is 39.6 Å². The van der Waals surface area contributed by atoms with Crippen LogP contribution in [0.15, 0.2) is 30.3 Å². The van der Waals surface area contributed by atoms with Crippen molar-refractivity contribution in [3.8, 4) is 0 Å². The van der Waals surface area contributed by atoms with Crippen molar-refractivity contribution >= 4 is 39.1 Å². The van der Waals surface area contributed by atoms with Crippen LogP contribution in [-0.2, 0) is 7.05 Å². The van der Waals surface area contributed by atoms with Gasteiger partial charge < -0.3 is 10.2 Å². The van der Waals surface area contributed by atoms with Crippen LogP contribution >= 0.6 is 11.3 Å². The van der Waals surface area contributed by atoms with Gasteiger partial charge in [0.1, 0.15) is 4.83 Å².